The van der Waals surface area contributed by atoms with Crippen molar-refractivity contribution in [3.8, 4) is 0 Å². The molecule has 1 aliphatic heterocycles. The van der Waals surface area contributed by atoms with Crippen molar-refractivity contribution in [2.45, 2.75) is 32.1 Å². The zero-order valence-electron chi connectivity index (χ0n) is 17.6. The number of halogens is 4. The molecular weight excluding hydrogens is 522 g/mol. The maximum Gasteiger partial charge on any atom is 0.416 e. The second kappa shape index (κ2) is 12.2. The third-order valence-corrected chi connectivity index (χ3v) is 5.16. The molecule has 2 heterocycles. The van der Waals surface area contributed by atoms with Gasteiger partial charge < -0.3 is 14.8 Å². The number of benzene rings is 1. The fourth-order valence-corrected chi connectivity index (χ4v) is 3.46. The van der Waals surface area contributed by atoms with Gasteiger partial charge in [0.05, 0.1) is 5.56 Å². The molecule has 1 aromatic carbocycles. The van der Waals surface area contributed by atoms with Crippen LogP contribution < -0.4 is 5.32 Å². The summed E-state index contributed by atoms with van der Waals surface area (Å²) in [6.45, 7) is 5.75. The number of alkyl halides is 3. The summed E-state index contributed by atoms with van der Waals surface area (Å²) in [5.74, 6) is 0.897. The van der Waals surface area contributed by atoms with Gasteiger partial charge >= 0.3 is 6.18 Å². The van der Waals surface area contributed by atoms with Crippen LogP contribution in [0.5, 0.6) is 0 Å². The number of piperazine rings is 1. The molecule has 0 bridgehead atoms. The Labute approximate surface area is 197 Å². The lowest BCUT2D eigenvalue weighted by Gasteiger charge is -2.36. The van der Waals surface area contributed by atoms with Crippen molar-refractivity contribution in [3.63, 3.8) is 0 Å². The molecule has 1 aliphatic rings. The van der Waals surface area contributed by atoms with Gasteiger partial charge in [-0.2, -0.15) is 13.2 Å². The van der Waals surface area contributed by atoms with Crippen LogP contribution >= 0.6 is 24.0 Å². The maximum atomic E-state index is 12.7. The van der Waals surface area contributed by atoms with E-state index in [1.54, 1.807) is 31.8 Å². The van der Waals surface area contributed by atoms with Crippen LogP contribution in [0.25, 0.3) is 0 Å². The Kier molecular flexibility index (Phi) is 10.0. The van der Waals surface area contributed by atoms with Crippen LogP contribution in [0.2, 0.25) is 0 Å². The fraction of sp³-hybridized carbons (Fsp3) is 0.550. The fourth-order valence-electron chi connectivity index (χ4n) is 3.46. The van der Waals surface area contributed by atoms with Crippen molar-refractivity contribution in [1.29, 1.82) is 0 Å². The molecule has 0 unspecified atom stereocenters. The zero-order valence-corrected chi connectivity index (χ0v) is 19.9. The van der Waals surface area contributed by atoms with Gasteiger partial charge in [-0.3, -0.25) is 9.89 Å². The van der Waals surface area contributed by atoms with Crippen LogP contribution in [0.4, 0.5) is 13.2 Å². The summed E-state index contributed by atoms with van der Waals surface area (Å²) >= 11 is 0. The Morgan fingerprint density at radius 2 is 1.68 bits per heavy atom. The summed E-state index contributed by atoms with van der Waals surface area (Å²) < 4.78 is 40.0. The van der Waals surface area contributed by atoms with Crippen molar-refractivity contribution in [1.82, 2.24) is 29.9 Å². The van der Waals surface area contributed by atoms with E-state index in [9.17, 15) is 13.2 Å². The van der Waals surface area contributed by atoms with Gasteiger partial charge in [-0.15, -0.1) is 34.2 Å². The highest BCUT2D eigenvalue weighted by molar-refractivity contribution is 14.0. The Balaban J connectivity index is 0.00000341. The predicted molar refractivity (Wildman–Crippen MR) is 124 cm³/mol. The van der Waals surface area contributed by atoms with Crippen molar-refractivity contribution in [2.75, 3.05) is 39.8 Å². The summed E-state index contributed by atoms with van der Waals surface area (Å²) in [5, 5.41) is 11.0. The molecule has 11 heteroatoms. The van der Waals surface area contributed by atoms with E-state index in [0.717, 1.165) is 75.8 Å². The van der Waals surface area contributed by atoms with Gasteiger partial charge in [0.15, 0.2) is 5.96 Å². The molecule has 0 spiro atoms. The smallest absolute Gasteiger partial charge is 0.356 e. The number of rotatable bonds is 7. The number of aromatic nitrogens is 3. The van der Waals surface area contributed by atoms with Gasteiger partial charge in [0.25, 0.3) is 0 Å². The van der Waals surface area contributed by atoms with E-state index in [1.807, 2.05) is 4.57 Å². The van der Waals surface area contributed by atoms with E-state index in [1.165, 1.54) is 0 Å². The first kappa shape index (κ1) is 25.4. The molecule has 3 rings (SSSR count). The molecule has 1 saturated heterocycles. The molecule has 1 N–H and O–H groups in total. The van der Waals surface area contributed by atoms with E-state index in [4.69, 9.17) is 0 Å². The predicted octanol–water partition coefficient (Wildman–Crippen LogP) is 3.09. The standard InChI is InChI=1S/C20H28F3N7.HI/c1-24-19(25-8-2-3-9-29-15-26-27-16-29)30-12-10-28(11-13-30)14-17-4-6-18(7-5-17)20(21,22)23;/h4-7,15-16H,2-3,8-14H2,1H3,(H,24,25);1H. The minimum absolute atomic E-state index is 0. The largest absolute Gasteiger partial charge is 0.416 e. The van der Waals surface area contributed by atoms with Gasteiger partial charge in [0, 0.05) is 52.9 Å². The van der Waals surface area contributed by atoms with Crippen molar-refractivity contribution < 1.29 is 13.2 Å². The highest BCUT2D eigenvalue weighted by Crippen LogP contribution is 2.29. The summed E-state index contributed by atoms with van der Waals surface area (Å²) in [4.78, 5) is 8.86. The molecule has 0 aliphatic carbocycles. The van der Waals surface area contributed by atoms with Gasteiger partial charge in [0.1, 0.15) is 12.7 Å². The van der Waals surface area contributed by atoms with E-state index in [2.05, 4.69) is 30.3 Å². The number of hydrogen-bond acceptors (Lipinski definition) is 4. The number of unbranched alkanes of at least 4 members (excludes halogenated alkanes) is 1. The number of hydrogen-bond donors (Lipinski definition) is 1. The first-order chi connectivity index (χ1) is 14.5. The normalized spacial score (nSPS) is 15.6. The topological polar surface area (TPSA) is 61.6 Å². The summed E-state index contributed by atoms with van der Waals surface area (Å²) in [6.07, 6.45) is 1.20. The third kappa shape index (κ3) is 7.95. The summed E-state index contributed by atoms with van der Waals surface area (Å²) in [7, 11) is 1.79. The first-order valence-electron chi connectivity index (χ1n) is 10.1. The third-order valence-electron chi connectivity index (χ3n) is 5.16. The molecule has 172 valence electrons. The van der Waals surface area contributed by atoms with Crippen molar-refractivity contribution >= 4 is 29.9 Å². The molecule has 31 heavy (non-hydrogen) atoms. The molecule has 1 aromatic heterocycles. The van der Waals surface area contributed by atoms with Crippen molar-refractivity contribution in [3.05, 3.63) is 48.0 Å². The molecule has 0 atom stereocenters. The number of nitrogens with one attached hydrogen (secondary N) is 1. The second-order valence-electron chi connectivity index (χ2n) is 7.34. The van der Waals surface area contributed by atoms with Gasteiger partial charge in [-0.05, 0) is 30.5 Å². The Hall–Kier alpha value is -1.89. The minimum Gasteiger partial charge on any atom is -0.356 e. The average Bonchev–Trinajstić information content (AvgIpc) is 3.25. The first-order valence-corrected chi connectivity index (χ1v) is 10.1. The summed E-state index contributed by atoms with van der Waals surface area (Å²) in [5.41, 5.74) is 0.291. The second-order valence-corrected chi connectivity index (χ2v) is 7.34. The number of aryl methyl sites for hydroxylation is 1. The number of aliphatic imine (C=N–C) groups is 1. The molecule has 1 fully saturated rings. The molecular formula is C20H29F3IN7. The lowest BCUT2D eigenvalue weighted by atomic mass is 10.1. The Morgan fingerprint density at radius 1 is 1.03 bits per heavy atom. The molecule has 0 radical (unpaired) electrons. The lowest BCUT2D eigenvalue weighted by molar-refractivity contribution is -0.137. The average molecular weight is 551 g/mol. The molecule has 0 saturated carbocycles. The Bertz CT molecular complexity index is 786. The van der Waals surface area contributed by atoms with Crippen LogP contribution in [-0.4, -0.2) is 70.3 Å². The maximum absolute atomic E-state index is 12.7. The quantitative estimate of drug-likeness (QED) is 0.248. The van der Waals surface area contributed by atoms with E-state index in [0.29, 0.717) is 6.54 Å². The van der Waals surface area contributed by atoms with Crippen molar-refractivity contribution in [2.24, 2.45) is 4.99 Å². The zero-order chi connectivity index (χ0) is 21.4. The van der Waals surface area contributed by atoms with Crippen LogP contribution in [0.3, 0.4) is 0 Å². The van der Waals surface area contributed by atoms with Crippen LogP contribution in [0.15, 0.2) is 41.9 Å². The minimum atomic E-state index is -4.29. The number of guanidine groups is 1. The van der Waals surface area contributed by atoms with E-state index in [-0.39, 0.29) is 24.0 Å². The van der Waals surface area contributed by atoms with Crippen LogP contribution in [0.1, 0.15) is 24.0 Å². The highest BCUT2D eigenvalue weighted by Gasteiger charge is 2.30. The van der Waals surface area contributed by atoms with Gasteiger partial charge in [-0.25, -0.2) is 0 Å². The lowest BCUT2D eigenvalue weighted by Crippen LogP contribution is -2.52. The highest BCUT2D eigenvalue weighted by atomic mass is 127. The Morgan fingerprint density at radius 3 is 2.26 bits per heavy atom. The molecule has 0 amide bonds. The van der Waals surface area contributed by atoms with Gasteiger partial charge in [0.2, 0.25) is 0 Å². The molecule has 2 aromatic rings. The monoisotopic (exact) mass is 551 g/mol. The van der Waals surface area contributed by atoms with Crippen LogP contribution in [-0.2, 0) is 19.3 Å². The van der Waals surface area contributed by atoms with Gasteiger partial charge in [-0.1, -0.05) is 12.1 Å². The SMILES string of the molecule is CN=C(NCCCCn1cnnc1)N1CCN(Cc2ccc(C(F)(F)F)cc2)CC1.I. The van der Waals surface area contributed by atoms with Crippen LogP contribution in [0, 0.1) is 0 Å². The summed E-state index contributed by atoms with van der Waals surface area (Å²) in [6, 6.07) is 5.44. The number of nitrogens with zero attached hydrogens (tertiary/aromatic N) is 6. The van der Waals surface area contributed by atoms with E-state index >= 15 is 0 Å². The molecule has 7 nitrogen and oxygen atoms in total. The van der Waals surface area contributed by atoms with E-state index < -0.39 is 11.7 Å².